The molecular weight excluding hydrogens is 450 g/mol. The van der Waals surface area contributed by atoms with E-state index < -0.39 is 5.97 Å². The highest BCUT2D eigenvalue weighted by atomic mass is 16.4. The highest BCUT2D eigenvalue weighted by molar-refractivity contribution is 6.00. The molecule has 3 aromatic rings. The van der Waals surface area contributed by atoms with Crippen LogP contribution in [0.4, 0.5) is 27.5 Å². The van der Waals surface area contributed by atoms with Gasteiger partial charge in [0.05, 0.1) is 11.3 Å². The van der Waals surface area contributed by atoms with Crippen molar-refractivity contribution in [1.82, 2.24) is 0 Å². The predicted octanol–water partition coefficient (Wildman–Crippen LogP) is 7.24. The topological polar surface area (TPSA) is 90.5 Å². The summed E-state index contributed by atoms with van der Waals surface area (Å²) in [5, 5.41) is 18.3. The van der Waals surface area contributed by atoms with Crippen LogP contribution in [0.5, 0.6) is 0 Å². The van der Waals surface area contributed by atoms with Crippen LogP contribution in [0.1, 0.15) is 54.4 Å². The van der Waals surface area contributed by atoms with Crippen LogP contribution >= 0.6 is 0 Å². The number of urea groups is 1. The summed E-state index contributed by atoms with van der Waals surface area (Å²) in [6, 6.07) is 22.1. The smallest absolute Gasteiger partial charge is 0.337 e. The van der Waals surface area contributed by atoms with E-state index >= 15 is 0 Å². The zero-order valence-corrected chi connectivity index (χ0v) is 20.2. The fraction of sp³-hybridized carbons (Fsp3) is 0.333. The highest BCUT2D eigenvalue weighted by Crippen LogP contribution is 2.60. The molecule has 3 aromatic carbocycles. The molecule has 0 saturated heterocycles. The van der Waals surface area contributed by atoms with Crippen molar-refractivity contribution in [2.24, 2.45) is 17.8 Å². The van der Waals surface area contributed by atoms with Crippen LogP contribution in [0.25, 0.3) is 0 Å². The van der Waals surface area contributed by atoms with Gasteiger partial charge in [0.25, 0.3) is 0 Å². The van der Waals surface area contributed by atoms with Crippen molar-refractivity contribution in [1.29, 1.82) is 0 Å². The Morgan fingerprint density at radius 1 is 0.694 bits per heavy atom. The van der Waals surface area contributed by atoms with E-state index in [1.807, 2.05) is 12.1 Å². The average molecular weight is 482 g/mol. The Labute approximate surface area is 211 Å². The second-order valence-corrected chi connectivity index (χ2v) is 10.9. The van der Waals surface area contributed by atoms with Gasteiger partial charge in [0, 0.05) is 17.1 Å². The third-order valence-electron chi connectivity index (χ3n) is 8.37. The number of hydrogen-bond donors (Lipinski definition) is 4. The average Bonchev–Trinajstić information content (AvgIpc) is 2.85. The fourth-order valence-electron chi connectivity index (χ4n) is 7.24. The first-order chi connectivity index (χ1) is 17.5. The lowest BCUT2D eigenvalue weighted by Gasteiger charge is -2.57. The number of rotatable bonds is 6. The Balaban J connectivity index is 1.06. The SMILES string of the molecule is O=C(Nc1ccc(Nc2ccccc2C(=O)O)cc1)Nc1ccc(C23CC4CC(CC(C4)C2)C3)cc1. The quantitative estimate of drug-likeness (QED) is 0.299. The zero-order valence-electron chi connectivity index (χ0n) is 20.2. The van der Waals surface area contributed by atoms with Gasteiger partial charge in [0.15, 0.2) is 0 Å². The molecule has 4 bridgehead atoms. The maximum absolute atomic E-state index is 12.6. The number of para-hydroxylation sites is 1. The lowest BCUT2D eigenvalue weighted by Crippen LogP contribution is -2.48. The van der Waals surface area contributed by atoms with E-state index in [1.54, 1.807) is 48.5 Å². The molecule has 4 fully saturated rings. The summed E-state index contributed by atoms with van der Waals surface area (Å²) >= 11 is 0. The minimum atomic E-state index is -0.987. The third-order valence-corrected chi connectivity index (χ3v) is 8.37. The Morgan fingerprint density at radius 3 is 1.75 bits per heavy atom. The van der Waals surface area contributed by atoms with Gasteiger partial charge in [0.2, 0.25) is 0 Å². The standard InChI is InChI=1S/C30H31N3O3/c34-28(35)26-3-1-2-4-27(26)31-23-9-11-25(12-10-23)33-29(36)32-24-7-5-22(6-8-24)30-16-19-13-20(17-30)15-21(14-19)18-30/h1-12,19-21,31H,13-18H2,(H,34,35)(H2,32,33,36). The molecule has 0 atom stereocenters. The highest BCUT2D eigenvalue weighted by Gasteiger charge is 2.51. The Kier molecular flexibility index (Phi) is 5.67. The number of carbonyl (C=O) groups excluding carboxylic acids is 1. The lowest BCUT2D eigenvalue weighted by molar-refractivity contribution is -0.00518. The summed E-state index contributed by atoms with van der Waals surface area (Å²) in [7, 11) is 0. The van der Waals surface area contributed by atoms with Gasteiger partial charge in [-0.25, -0.2) is 9.59 Å². The van der Waals surface area contributed by atoms with E-state index in [0.717, 1.165) is 29.1 Å². The van der Waals surface area contributed by atoms with Crippen molar-refractivity contribution in [3.8, 4) is 0 Å². The molecule has 2 amide bonds. The molecule has 0 heterocycles. The van der Waals surface area contributed by atoms with E-state index in [1.165, 1.54) is 44.1 Å². The minimum absolute atomic E-state index is 0.202. The molecular formula is C30H31N3O3. The van der Waals surface area contributed by atoms with Gasteiger partial charge < -0.3 is 21.1 Å². The molecule has 0 unspecified atom stereocenters. The van der Waals surface area contributed by atoms with Crippen molar-refractivity contribution in [3.63, 3.8) is 0 Å². The van der Waals surface area contributed by atoms with E-state index in [-0.39, 0.29) is 11.6 Å². The number of aromatic carboxylic acids is 1. The van der Waals surface area contributed by atoms with Gasteiger partial charge in [0.1, 0.15) is 0 Å². The summed E-state index contributed by atoms with van der Waals surface area (Å²) in [4.78, 5) is 24.0. The molecule has 0 aliphatic heterocycles. The molecule has 4 N–H and O–H groups in total. The van der Waals surface area contributed by atoms with Crippen LogP contribution in [0.2, 0.25) is 0 Å². The van der Waals surface area contributed by atoms with Crippen molar-refractivity contribution in [2.75, 3.05) is 16.0 Å². The second kappa shape index (κ2) is 9.01. The number of carbonyl (C=O) groups is 2. The number of amides is 2. The normalized spacial score (nSPS) is 25.8. The monoisotopic (exact) mass is 481 g/mol. The Hall–Kier alpha value is -3.80. The van der Waals surface area contributed by atoms with E-state index in [2.05, 4.69) is 28.1 Å². The van der Waals surface area contributed by atoms with Gasteiger partial charge >= 0.3 is 12.0 Å². The molecule has 36 heavy (non-hydrogen) atoms. The van der Waals surface area contributed by atoms with Crippen LogP contribution in [0.3, 0.4) is 0 Å². The first-order valence-corrected chi connectivity index (χ1v) is 12.8. The lowest BCUT2D eigenvalue weighted by atomic mass is 9.48. The number of anilines is 4. The molecule has 4 aliphatic carbocycles. The van der Waals surface area contributed by atoms with Crippen LogP contribution < -0.4 is 16.0 Å². The predicted molar refractivity (Wildman–Crippen MR) is 142 cm³/mol. The van der Waals surface area contributed by atoms with Crippen molar-refractivity contribution >= 4 is 34.7 Å². The van der Waals surface area contributed by atoms with Crippen molar-refractivity contribution in [2.45, 2.75) is 43.9 Å². The van der Waals surface area contributed by atoms with Gasteiger partial charge in [-0.15, -0.1) is 0 Å². The second-order valence-electron chi connectivity index (χ2n) is 10.9. The van der Waals surface area contributed by atoms with Crippen LogP contribution in [0, 0.1) is 17.8 Å². The van der Waals surface area contributed by atoms with Gasteiger partial charge in [-0.1, -0.05) is 24.3 Å². The molecule has 0 aromatic heterocycles. The van der Waals surface area contributed by atoms with Crippen LogP contribution in [-0.4, -0.2) is 17.1 Å². The van der Waals surface area contributed by atoms with Gasteiger partial charge in [-0.2, -0.15) is 0 Å². The van der Waals surface area contributed by atoms with E-state index in [9.17, 15) is 14.7 Å². The summed E-state index contributed by atoms with van der Waals surface area (Å²) in [6.45, 7) is 0. The minimum Gasteiger partial charge on any atom is -0.478 e. The van der Waals surface area contributed by atoms with E-state index in [4.69, 9.17) is 0 Å². The summed E-state index contributed by atoms with van der Waals surface area (Å²) in [6.07, 6.45) is 8.31. The number of benzene rings is 3. The first-order valence-electron chi connectivity index (χ1n) is 12.8. The molecule has 0 radical (unpaired) electrons. The molecule has 4 saturated carbocycles. The third kappa shape index (κ3) is 4.43. The van der Waals surface area contributed by atoms with Gasteiger partial charge in [-0.05, 0) is 116 Å². The Morgan fingerprint density at radius 2 is 1.19 bits per heavy atom. The fourth-order valence-corrected chi connectivity index (χ4v) is 7.24. The van der Waals surface area contributed by atoms with Crippen LogP contribution in [0.15, 0.2) is 72.8 Å². The number of nitrogens with one attached hydrogen (secondary N) is 3. The molecule has 6 heteroatoms. The largest absolute Gasteiger partial charge is 0.478 e. The maximum atomic E-state index is 12.6. The van der Waals surface area contributed by atoms with Crippen LogP contribution in [-0.2, 0) is 5.41 Å². The summed E-state index contributed by atoms with van der Waals surface area (Å²) in [5.74, 6) is 1.74. The molecule has 0 spiro atoms. The molecule has 7 rings (SSSR count). The molecule has 6 nitrogen and oxygen atoms in total. The number of carboxylic acids is 1. The van der Waals surface area contributed by atoms with Gasteiger partial charge in [-0.3, -0.25) is 0 Å². The van der Waals surface area contributed by atoms with Crippen molar-refractivity contribution in [3.05, 3.63) is 83.9 Å². The first kappa shape index (κ1) is 22.7. The molecule has 184 valence electrons. The summed E-state index contributed by atoms with van der Waals surface area (Å²) in [5.41, 5.74) is 4.68. The zero-order chi connectivity index (χ0) is 24.7. The maximum Gasteiger partial charge on any atom is 0.337 e. The molecule has 4 aliphatic rings. The number of carboxylic acid groups (broad SMARTS) is 1. The summed E-state index contributed by atoms with van der Waals surface area (Å²) < 4.78 is 0. The van der Waals surface area contributed by atoms with E-state index in [0.29, 0.717) is 16.8 Å². The van der Waals surface area contributed by atoms with Crippen molar-refractivity contribution < 1.29 is 14.7 Å². The number of hydrogen-bond acceptors (Lipinski definition) is 3. The Bertz CT molecular complexity index is 1250.